The number of carbonyl (C=O) groups is 1. The van der Waals surface area contributed by atoms with E-state index in [1.54, 1.807) is 6.08 Å². The van der Waals surface area contributed by atoms with E-state index in [-0.39, 0.29) is 0 Å². The van der Waals surface area contributed by atoms with E-state index >= 15 is 0 Å². The zero-order valence-corrected chi connectivity index (χ0v) is 10.1. The number of nitrogens with zero attached hydrogens (tertiary/aromatic N) is 1. The summed E-state index contributed by atoms with van der Waals surface area (Å²) in [6.07, 6.45) is 4.24. The monoisotopic (exact) mass is 230 g/mol. The van der Waals surface area contributed by atoms with E-state index in [4.69, 9.17) is 0 Å². The highest BCUT2D eigenvalue weighted by atomic mass is 16.1. The fourth-order valence-corrected chi connectivity index (χ4v) is 2.23. The van der Waals surface area contributed by atoms with Gasteiger partial charge in [0, 0.05) is 31.4 Å². The maximum absolute atomic E-state index is 10.4. The van der Waals surface area contributed by atoms with Crippen molar-refractivity contribution in [1.29, 1.82) is 0 Å². The molecule has 17 heavy (non-hydrogen) atoms. The second-order valence-electron chi connectivity index (χ2n) is 4.30. The Morgan fingerprint density at radius 3 is 3.00 bits per heavy atom. The molecule has 0 aliphatic carbocycles. The molecule has 1 heterocycles. The van der Waals surface area contributed by atoms with Crippen LogP contribution in [0.2, 0.25) is 0 Å². The Morgan fingerprint density at radius 1 is 1.41 bits per heavy atom. The van der Waals surface area contributed by atoms with Gasteiger partial charge in [0.05, 0.1) is 0 Å². The zero-order chi connectivity index (χ0) is 12.1. The SMILES string of the molecule is CC1CNCCN1c1ccccc1/C=C/C=O. The molecule has 0 saturated carbocycles. The lowest BCUT2D eigenvalue weighted by molar-refractivity contribution is -0.104. The minimum absolute atomic E-state index is 0.481. The Morgan fingerprint density at radius 2 is 2.24 bits per heavy atom. The third kappa shape index (κ3) is 2.74. The molecule has 3 heteroatoms. The first-order valence-corrected chi connectivity index (χ1v) is 6.01. The number of para-hydroxylation sites is 1. The summed E-state index contributed by atoms with van der Waals surface area (Å²) in [6.45, 7) is 5.24. The number of anilines is 1. The van der Waals surface area contributed by atoms with Crippen molar-refractivity contribution < 1.29 is 4.79 Å². The molecule has 90 valence electrons. The Balaban J connectivity index is 2.29. The van der Waals surface area contributed by atoms with Crippen LogP contribution in [-0.4, -0.2) is 32.0 Å². The highest BCUT2D eigenvalue weighted by Gasteiger charge is 2.19. The van der Waals surface area contributed by atoms with Crippen molar-refractivity contribution in [3.8, 4) is 0 Å². The van der Waals surface area contributed by atoms with Crippen molar-refractivity contribution >= 4 is 18.0 Å². The average molecular weight is 230 g/mol. The van der Waals surface area contributed by atoms with Crippen LogP contribution in [0.4, 0.5) is 5.69 Å². The molecule has 1 aromatic rings. The lowest BCUT2D eigenvalue weighted by atomic mass is 10.1. The van der Waals surface area contributed by atoms with Gasteiger partial charge < -0.3 is 10.2 Å². The molecule has 2 rings (SSSR count). The van der Waals surface area contributed by atoms with Gasteiger partial charge in [-0.1, -0.05) is 18.2 Å². The van der Waals surface area contributed by atoms with Gasteiger partial charge in [0.2, 0.25) is 0 Å². The van der Waals surface area contributed by atoms with Gasteiger partial charge in [-0.15, -0.1) is 0 Å². The van der Waals surface area contributed by atoms with E-state index in [0.29, 0.717) is 6.04 Å². The fraction of sp³-hybridized carbons (Fsp3) is 0.357. The Hall–Kier alpha value is -1.61. The average Bonchev–Trinajstić information content (AvgIpc) is 2.37. The summed E-state index contributed by atoms with van der Waals surface area (Å²) in [5, 5.41) is 3.38. The molecule has 1 aromatic carbocycles. The van der Waals surface area contributed by atoms with Crippen LogP contribution in [0.25, 0.3) is 6.08 Å². The largest absolute Gasteiger partial charge is 0.366 e. The van der Waals surface area contributed by atoms with Crippen LogP contribution >= 0.6 is 0 Å². The number of aldehydes is 1. The van der Waals surface area contributed by atoms with Crippen molar-refractivity contribution in [1.82, 2.24) is 5.32 Å². The molecule has 0 aromatic heterocycles. The third-order valence-corrected chi connectivity index (χ3v) is 3.10. The van der Waals surface area contributed by atoms with E-state index in [9.17, 15) is 4.79 Å². The van der Waals surface area contributed by atoms with Crippen LogP contribution in [0.15, 0.2) is 30.3 Å². The summed E-state index contributed by atoms with van der Waals surface area (Å²) < 4.78 is 0. The van der Waals surface area contributed by atoms with Crippen LogP contribution < -0.4 is 10.2 Å². The zero-order valence-electron chi connectivity index (χ0n) is 10.1. The predicted octanol–water partition coefficient (Wildman–Crippen LogP) is 1.70. The first-order valence-electron chi connectivity index (χ1n) is 6.01. The van der Waals surface area contributed by atoms with Crippen molar-refractivity contribution in [2.45, 2.75) is 13.0 Å². The van der Waals surface area contributed by atoms with Crippen LogP contribution in [-0.2, 0) is 4.79 Å². The van der Waals surface area contributed by atoms with Gasteiger partial charge >= 0.3 is 0 Å². The fourth-order valence-electron chi connectivity index (χ4n) is 2.23. The second kappa shape index (κ2) is 5.64. The molecular formula is C14H18N2O. The molecule has 1 N–H and O–H groups in total. The number of nitrogens with one attached hydrogen (secondary N) is 1. The highest BCUT2D eigenvalue weighted by molar-refractivity contribution is 5.78. The number of rotatable bonds is 3. The molecule has 1 fully saturated rings. The highest BCUT2D eigenvalue weighted by Crippen LogP contribution is 2.24. The number of hydrogen-bond donors (Lipinski definition) is 1. The summed E-state index contributed by atoms with van der Waals surface area (Å²) in [5.41, 5.74) is 2.31. The number of allylic oxidation sites excluding steroid dienone is 1. The smallest absolute Gasteiger partial charge is 0.142 e. The first-order chi connectivity index (χ1) is 8.33. The van der Waals surface area contributed by atoms with Gasteiger partial charge in [0.25, 0.3) is 0 Å². The van der Waals surface area contributed by atoms with Gasteiger partial charge in [-0.05, 0) is 30.7 Å². The van der Waals surface area contributed by atoms with E-state index in [0.717, 1.165) is 31.5 Å². The van der Waals surface area contributed by atoms with Crippen LogP contribution in [0.1, 0.15) is 12.5 Å². The minimum Gasteiger partial charge on any atom is -0.366 e. The third-order valence-electron chi connectivity index (χ3n) is 3.10. The molecule has 0 radical (unpaired) electrons. The van der Waals surface area contributed by atoms with Crippen LogP contribution in [0.3, 0.4) is 0 Å². The van der Waals surface area contributed by atoms with Gasteiger partial charge in [-0.2, -0.15) is 0 Å². The van der Waals surface area contributed by atoms with E-state index in [1.807, 2.05) is 24.3 Å². The molecule has 1 aliphatic rings. The molecule has 1 unspecified atom stereocenters. The second-order valence-corrected chi connectivity index (χ2v) is 4.30. The van der Waals surface area contributed by atoms with E-state index < -0.39 is 0 Å². The standard InChI is InChI=1S/C14H18N2O/c1-12-11-15-8-9-16(12)14-7-3-2-5-13(14)6-4-10-17/h2-7,10,12,15H,8-9,11H2,1H3/b6-4+. The van der Waals surface area contributed by atoms with Gasteiger partial charge in [-0.3, -0.25) is 4.79 Å². The summed E-state index contributed by atoms with van der Waals surface area (Å²) in [7, 11) is 0. The molecule has 1 atom stereocenters. The minimum atomic E-state index is 0.481. The molecule has 1 aliphatic heterocycles. The van der Waals surface area contributed by atoms with Gasteiger partial charge in [0.15, 0.2) is 0 Å². The van der Waals surface area contributed by atoms with Crippen molar-refractivity contribution in [3.63, 3.8) is 0 Å². The maximum atomic E-state index is 10.4. The number of benzene rings is 1. The lowest BCUT2D eigenvalue weighted by Crippen LogP contribution is -2.50. The lowest BCUT2D eigenvalue weighted by Gasteiger charge is -2.36. The van der Waals surface area contributed by atoms with E-state index in [1.165, 1.54) is 5.69 Å². The Labute approximate surface area is 102 Å². The molecule has 0 spiro atoms. The number of piperazine rings is 1. The van der Waals surface area contributed by atoms with E-state index in [2.05, 4.69) is 23.2 Å². The summed E-state index contributed by atoms with van der Waals surface area (Å²) in [4.78, 5) is 12.8. The van der Waals surface area contributed by atoms with Crippen molar-refractivity contribution in [2.75, 3.05) is 24.5 Å². The number of hydrogen-bond acceptors (Lipinski definition) is 3. The molecule has 3 nitrogen and oxygen atoms in total. The normalized spacial score (nSPS) is 20.8. The molecular weight excluding hydrogens is 212 g/mol. The van der Waals surface area contributed by atoms with Crippen LogP contribution in [0, 0.1) is 0 Å². The molecule has 0 amide bonds. The predicted molar refractivity (Wildman–Crippen MR) is 71.2 cm³/mol. The van der Waals surface area contributed by atoms with Crippen molar-refractivity contribution in [2.24, 2.45) is 0 Å². The maximum Gasteiger partial charge on any atom is 0.142 e. The first kappa shape index (κ1) is 11.9. The van der Waals surface area contributed by atoms with Crippen molar-refractivity contribution in [3.05, 3.63) is 35.9 Å². The van der Waals surface area contributed by atoms with Gasteiger partial charge in [-0.25, -0.2) is 0 Å². The van der Waals surface area contributed by atoms with Crippen LogP contribution in [0.5, 0.6) is 0 Å². The summed E-state index contributed by atoms with van der Waals surface area (Å²) in [6, 6.07) is 8.69. The number of carbonyl (C=O) groups excluding carboxylic acids is 1. The topological polar surface area (TPSA) is 32.3 Å². The quantitative estimate of drug-likeness (QED) is 0.633. The Bertz CT molecular complexity index is 414. The molecule has 0 bridgehead atoms. The van der Waals surface area contributed by atoms with Gasteiger partial charge in [0.1, 0.15) is 6.29 Å². The summed E-state index contributed by atoms with van der Waals surface area (Å²) >= 11 is 0. The Kier molecular flexibility index (Phi) is 3.94. The molecule has 1 saturated heterocycles. The summed E-state index contributed by atoms with van der Waals surface area (Å²) in [5.74, 6) is 0.